The minimum Gasteiger partial charge on any atom is -0.316 e. The fraction of sp³-hybridized carbons (Fsp3) is 0.700. The topological polar surface area (TPSA) is 29.9 Å². The van der Waals surface area contributed by atoms with Crippen molar-refractivity contribution in [1.82, 2.24) is 15.1 Å². The minimum atomic E-state index is 0.561. The van der Waals surface area contributed by atoms with Gasteiger partial charge in [0.05, 0.1) is 12.2 Å². The van der Waals surface area contributed by atoms with Crippen LogP contribution >= 0.6 is 0 Å². The van der Waals surface area contributed by atoms with Crippen LogP contribution in [0.15, 0.2) is 12.4 Å². The Morgan fingerprint density at radius 3 is 2.69 bits per heavy atom. The monoisotopic (exact) mass is 181 g/mol. The molecular formula is C10H19N3. The number of nitrogens with one attached hydrogen (secondary N) is 1. The molecule has 1 N–H and O–H groups in total. The van der Waals surface area contributed by atoms with Crippen molar-refractivity contribution in [3.05, 3.63) is 18.0 Å². The molecule has 0 aliphatic carbocycles. The van der Waals surface area contributed by atoms with Crippen molar-refractivity contribution in [3.63, 3.8) is 0 Å². The standard InChI is InChI=1S/C10H19N3/c1-4-10(5-2)13-8-9(6-11-3)7-12-13/h7-8,10-11H,4-6H2,1-3H3. The Bertz CT molecular complexity index is 238. The van der Waals surface area contributed by atoms with E-state index in [1.165, 1.54) is 5.56 Å². The Balaban J connectivity index is 2.66. The van der Waals surface area contributed by atoms with Crippen LogP contribution < -0.4 is 5.32 Å². The van der Waals surface area contributed by atoms with Crippen LogP contribution in [0.3, 0.4) is 0 Å². The Labute approximate surface area is 80.1 Å². The van der Waals surface area contributed by atoms with Gasteiger partial charge < -0.3 is 5.32 Å². The Morgan fingerprint density at radius 2 is 2.15 bits per heavy atom. The van der Waals surface area contributed by atoms with E-state index in [1.807, 2.05) is 13.2 Å². The van der Waals surface area contributed by atoms with Crippen molar-refractivity contribution in [1.29, 1.82) is 0 Å². The summed E-state index contributed by atoms with van der Waals surface area (Å²) in [5.74, 6) is 0. The zero-order chi connectivity index (χ0) is 9.68. The summed E-state index contributed by atoms with van der Waals surface area (Å²) in [7, 11) is 1.95. The van der Waals surface area contributed by atoms with Crippen LogP contribution in [0.2, 0.25) is 0 Å². The third-order valence-electron chi connectivity index (χ3n) is 2.35. The summed E-state index contributed by atoms with van der Waals surface area (Å²) in [4.78, 5) is 0. The zero-order valence-electron chi connectivity index (χ0n) is 8.75. The summed E-state index contributed by atoms with van der Waals surface area (Å²) in [6, 6.07) is 0.561. The number of nitrogens with zero attached hydrogens (tertiary/aromatic N) is 2. The van der Waals surface area contributed by atoms with Crippen molar-refractivity contribution < 1.29 is 0 Å². The highest BCUT2D eigenvalue weighted by molar-refractivity contribution is 5.03. The Morgan fingerprint density at radius 1 is 1.46 bits per heavy atom. The van der Waals surface area contributed by atoms with Crippen molar-refractivity contribution in [2.45, 2.75) is 39.3 Å². The molecule has 3 nitrogen and oxygen atoms in total. The molecule has 1 aromatic rings. The molecule has 1 rings (SSSR count). The fourth-order valence-electron chi connectivity index (χ4n) is 1.54. The molecule has 3 heteroatoms. The third kappa shape index (κ3) is 2.56. The van der Waals surface area contributed by atoms with E-state index in [-0.39, 0.29) is 0 Å². The van der Waals surface area contributed by atoms with E-state index in [2.05, 4.69) is 35.1 Å². The molecule has 0 saturated heterocycles. The highest BCUT2D eigenvalue weighted by Crippen LogP contribution is 2.14. The number of aromatic nitrogens is 2. The zero-order valence-corrected chi connectivity index (χ0v) is 8.75. The molecule has 1 heterocycles. The Hall–Kier alpha value is -0.830. The fourth-order valence-corrected chi connectivity index (χ4v) is 1.54. The van der Waals surface area contributed by atoms with E-state index < -0.39 is 0 Å². The van der Waals surface area contributed by atoms with Gasteiger partial charge in [0.15, 0.2) is 0 Å². The molecule has 0 spiro atoms. The molecule has 0 fully saturated rings. The van der Waals surface area contributed by atoms with Crippen molar-refractivity contribution >= 4 is 0 Å². The van der Waals surface area contributed by atoms with Crippen LogP contribution in [0.4, 0.5) is 0 Å². The van der Waals surface area contributed by atoms with Gasteiger partial charge in [-0.2, -0.15) is 5.10 Å². The molecule has 0 saturated carbocycles. The normalized spacial score (nSPS) is 11.1. The van der Waals surface area contributed by atoms with Crippen molar-refractivity contribution in [2.24, 2.45) is 0 Å². The number of hydrogen-bond acceptors (Lipinski definition) is 2. The highest BCUT2D eigenvalue weighted by Gasteiger charge is 2.06. The average molecular weight is 181 g/mol. The van der Waals surface area contributed by atoms with Gasteiger partial charge in [-0.15, -0.1) is 0 Å². The second-order valence-corrected chi connectivity index (χ2v) is 3.33. The first-order chi connectivity index (χ1) is 6.31. The smallest absolute Gasteiger partial charge is 0.0534 e. The van der Waals surface area contributed by atoms with Gasteiger partial charge in [0.25, 0.3) is 0 Å². The quantitative estimate of drug-likeness (QED) is 0.752. The predicted molar refractivity (Wildman–Crippen MR) is 54.6 cm³/mol. The maximum Gasteiger partial charge on any atom is 0.0534 e. The second kappa shape index (κ2) is 5.02. The van der Waals surface area contributed by atoms with E-state index in [4.69, 9.17) is 0 Å². The molecule has 0 atom stereocenters. The van der Waals surface area contributed by atoms with Gasteiger partial charge in [-0.3, -0.25) is 4.68 Å². The second-order valence-electron chi connectivity index (χ2n) is 3.33. The van der Waals surface area contributed by atoms with E-state index >= 15 is 0 Å². The van der Waals surface area contributed by atoms with Crippen molar-refractivity contribution in [3.8, 4) is 0 Å². The molecule has 0 aromatic carbocycles. The van der Waals surface area contributed by atoms with Gasteiger partial charge in [0, 0.05) is 18.3 Å². The predicted octanol–water partition coefficient (Wildman–Crippen LogP) is 1.96. The average Bonchev–Trinajstić information content (AvgIpc) is 2.56. The van der Waals surface area contributed by atoms with Gasteiger partial charge in [0.2, 0.25) is 0 Å². The highest BCUT2D eigenvalue weighted by atomic mass is 15.3. The summed E-state index contributed by atoms with van der Waals surface area (Å²) < 4.78 is 2.08. The summed E-state index contributed by atoms with van der Waals surface area (Å²) in [6.45, 7) is 5.31. The molecule has 0 bridgehead atoms. The first-order valence-electron chi connectivity index (χ1n) is 4.99. The van der Waals surface area contributed by atoms with Crippen LogP contribution in [-0.2, 0) is 6.54 Å². The lowest BCUT2D eigenvalue weighted by atomic mass is 10.2. The minimum absolute atomic E-state index is 0.561. The summed E-state index contributed by atoms with van der Waals surface area (Å²) in [6.07, 6.45) is 6.37. The molecule has 0 unspecified atom stereocenters. The van der Waals surface area contributed by atoms with Gasteiger partial charge >= 0.3 is 0 Å². The van der Waals surface area contributed by atoms with Gasteiger partial charge in [0.1, 0.15) is 0 Å². The van der Waals surface area contributed by atoms with Crippen LogP contribution in [0.1, 0.15) is 38.3 Å². The number of rotatable bonds is 5. The Kier molecular flexibility index (Phi) is 3.96. The van der Waals surface area contributed by atoms with Gasteiger partial charge in [-0.1, -0.05) is 13.8 Å². The summed E-state index contributed by atoms with van der Waals surface area (Å²) in [5.41, 5.74) is 1.26. The lowest BCUT2D eigenvalue weighted by Gasteiger charge is -2.12. The molecule has 0 aliphatic heterocycles. The lowest BCUT2D eigenvalue weighted by Crippen LogP contribution is -2.07. The van der Waals surface area contributed by atoms with Crippen LogP contribution in [0.5, 0.6) is 0 Å². The molecule has 74 valence electrons. The van der Waals surface area contributed by atoms with Crippen LogP contribution in [-0.4, -0.2) is 16.8 Å². The van der Waals surface area contributed by atoms with E-state index in [0.29, 0.717) is 6.04 Å². The van der Waals surface area contributed by atoms with Crippen LogP contribution in [0.25, 0.3) is 0 Å². The summed E-state index contributed by atoms with van der Waals surface area (Å²) in [5, 5.41) is 7.47. The SMILES string of the molecule is CCC(CC)n1cc(CNC)cn1. The number of hydrogen-bond donors (Lipinski definition) is 1. The largest absolute Gasteiger partial charge is 0.316 e. The van der Waals surface area contributed by atoms with E-state index in [9.17, 15) is 0 Å². The van der Waals surface area contributed by atoms with E-state index in [1.54, 1.807) is 0 Å². The van der Waals surface area contributed by atoms with Gasteiger partial charge in [-0.05, 0) is 19.9 Å². The van der Waals surface area contributed by atoms with Crippen molar-refractivity contribution in [2.75, 3.05) is 7.05 Å². The maximum absolute atomic E-state index is 4.35. The molecule has 0 radical (unpaired) electrons. The molecule has 1 aromatic heterocycles. The first-order valence-corrected chi connectivity index (χ1v) is 4.99. The summed E-state index contributed by atoms with van der Waals surface area (Å²) >= 11 is 0. The first kappa shape index (κ1) is 10.3. The maximum atomic E-state index is 4.35. The lowest BCUT2D eigenvalue weighted by molar-refractivity contribution is 0.428. The molecule has 0 aliphatic rings. The third-order valence-corrected chi connectivity index (χ3v) is 2.35. The van der Waals surface area contributed by atoms with Gasteiger partial charge in [-0.25, -0.2) is 0 Å². The van der Waals surface area contributed by atoms with E-state index in [0.717, 1.165) is 19.4 Å². The van der Waals surface area contributed by atoms with Crippen LogP contribution in [0, 0.1) is 0 Å². The molecule has 0 amide bonds. The molecular weight excluding hydrogens is 162 g/mol. The molecule has 13 heavy (non-hydrogen) atoms.